The first kappa shape index (κ1) is 22.6. The molecule has 1 aliphatic rings. The molecule has 1 fully saturated rings. The molecule has 0 atom stereocenters. The van der Waals surface area contributed by atoms with Crippen LogP contribution in [0.2, 0.25) is 0 Å². The van der Waals surface area contributed by atoms with Crippen LogP contribution in [0.3, 0.4) is 0 Å². The lowest BCUT2D eigenvalue weighted by atomic mass is 9.75. The lowest BCUT2D eigenvalue weighted by molar-refractivity contribution is 0.381. The smallest absolute Gasteiger partial charge is 0.166 e. The quantitative estimate of drug-likeness (QED) is 0.362. The summed E-state index contributed by atoms with van der Waals surface area (Å²) >= 11 is 0. The van der Waals surface area contributed by atoms with Gasteiger partial charge in [-0.05, 0) is 84.2 Å². The van der Waals surface area contributed by atoms with Gasteiger partial charge >= 0.3 is 0 Å². The molecule has 0 amide bonds. The second kappa shape index (κ2) is 9.94. The lowest BCUT2D eigenvalue weighted by Crippen LogP contribution is -2.14. The average molecular weight is 437 g/mol. The summed E-state index contributed by atoms with van der Waals surface area (Å²) < 4.78 is 44.4. The number of halogens is 3. The number of benzene rings is 3. The maximum atomic E-state index is 15.0. The van der Waals surface area contributed by atoms with Crippen LogP contribution in [-0.4, -0.2) is 0 Å². The van der Waals surface area contributed by atoms with E-state index in [-0.39, 0.29) is 17.7 Å². The zero-order valence-electron chi connectivity index (χ0n) is 18.9. The van der Waals surface area contributed by atoms with E-state index in [2.05, 4.69) is 6.92 Å². The highest BCUT2D eigenvalue weighted by molar-refractivity contribution is 5.65. The minimum absolute atomic E-state index is 0.00137. The highest BCUT2D eigenvalue weighted by atomic mass is 19.2. The van der Waals surface area contributed by atoms with Crippen LogP contribution in [-0.2, 0) is 12.8 Å². The van der Waals surface area contributed by atoms with Crippen LogP contribution in [0.15, 0.2) is 54.6 Å². The average Bonchev–Trinajstić information content (AvgIpc) is 2.82. The first-order valence-corrected chi connectivity index (χ1v) is 11.9. The summed E-state index contributed by atoms with van der Waals surface area (Å²) in [5.74, 6) is -1.33. The van der Waals surface area contributed by atoms with Crippen LogP contribution in [0, 0.1) is 17.5 Å². The van der Waals surface area contributed by atoms with E-state index < -0.39 is 11.6 Å². The SMILES string of the molecule is CCCc1ccc(C2CCC(c3ccc(-c4ccc(CC)cc4)c(F)c3F)CC2)cc1F. The summed E-state index contributed by atoms with van der Waals surface area (Å²) in [7, 11) is 0. The largest absolute Gasteiger partial charge is 0.207 e. The Kier molecular flexibility index (Phi) is 7.03. The third kappa shape index (κ3) is 4.62. The molecule has 0 unspecified atom stereocenters. The summed E-state index contributed by atoms with van der Waals surface area (Å²) in [6.07, 6.45) is 5.87. The van der Waals surface area contributed by atoms with E-state index in [0.717, 1.165) is 56.1 Å². The molecule has 0 N–H and O–H groups in total. The molecular formula is C29H31F3. The van der Waals surface area contributed by atoms with Crippen molar-refractivity contribution in [3.63, 3.8) is 0 Å². The van der Waals surface area contributed by atoms with Gasteiger partial charge in [-0.25, -0.2) is 13.2 Å². The summed E-state index contributed by atoms with van der Waals surface area (Å²) in [6.45, 7) is 4.11. The van der Waals surface area contributed by atoms with Crippen LogP contribution < -0.4 is 0 Å². The molecule has 32 heavy (non-hydrogen) atoms. The normalized spacial score (nSPS) is 18.7. The first-order valence-electron chi connectivity index (χ1n) is 11.9. The van der Waals surface area contributed by atoms with Gasteiger partial charge in [0.25, 0.3) is 0 Å². The lowest BCUT2D eigenvalue weighted by Gasteiger charge is -2.29. The van der Waals surface area contributed by atoms with Gasteiger partial charge < -0.3 is 0 Å². The fourth-order valence-electron chi connectivity index (χ4n) is 5.05. The van der Waals surface area contributed by atoms with Gasteiger partial charge in [-0.1, -0.05) is 68.8 Å². The van der Waals surface area contributed by atoms with Crippen molar-refractivity contribution in [2.45, 2.75) is 70.6 Å². The van der Waals surface area contributed by atoms with E-state index in [0.29, 0.717) is 16.7 Å². The van der Waals surface area contributed by atoms with E-state index in [1.165, 1.54) is 5.56 Å². The molecule has 0 spiro atoms. The highest BCUT2D eigenvalue weighted by Crippen LogP contribution is 2.42. The van der Waals surface area contributed by atoms with Crippen molar-refractivity contribution in [1.82, 2.24) is 0 Å². The second-order valence-corrected chi connectivity index (χ2v) is 9.03. The fourth-order valence-corrected chi connectivity index (χ4v) is 5.05. The van der Waals surface area contributed by atoms with Gasteiger partial charge in [-0.15, -0.1) is 0 Å². The Bertz CT molecular complexity index is 1060. The van der Waals surface area contributed by atoms with Crippen molar-refractivity contribution in [2.75, 3.05) is 0 Å². The predicted octanol–water partition coefficient (Wildman–Crippen LogP) is 8.73. The summed E-state index contributed by atoms with van der Waals surface area (Å²) in [4.78, 5) is 0. The van der Waals surface area contributed by atoms with Crippen LogP contribution in [0.4, 0.5) is 13.2 Å². The molecule has 4 rings (SSSR count). The maximum Gasteiger partial charge on any atom is 0.166 e. The van der Waals surface area contributed by atoms with Crippen LogP contribution in [0.1, 0.15) is 80.0 Å². The van der Waals surface area contributed by atoms with Gasteiger partial charge in [0.05, 0.1) is 0 Å². The maximum absolute atomic E-state index is 15.0. The molecule has 168 valence electrons. The first-order chi connectivity index (χ1) is 15.5. The molecular weight excluding hydrogens is 405 g/mol. The van der Waals surface area contributed by atoms with E-state index in [9.17, 15) is 8.78 Å². The standard InChI is InChI=1S/C29H31F3/c1-3-5-23-14-15-24(18-27(23)30)20-10-12-22(13-11-20)26-17-16-25(28(31)29(26)32)21-8-6-19(4-2)7-9-21/h6-9,14-18,20,22H,3-5,10-13H2,1-2H3. The molecule has 0 saturated heterocycles. The van der Waals surface area contributed by atoms with Gasteiger partial charge in [0.15, 0.2) is 11.6 Å². The van der Waals surface area contributed by atoms with Crippen LogP contribution >= 0.6 is 0 Å². The van der Waals surface area contributed by atoms with Crippen molar-refractivity contribution in [3.05, 3.63) is 94.3 Å². The van der Waals surface area contributed by atoms with Crippen LogP contribution in [0.25, 0.3) is 11.1 Å². The molecule has 3 aromatic carbocycles. The Morgan fingerprint density at radius 2 is 1.44 bits per heavy atom. The minimum Gasteiger partial charge on any atom is -0.207 e. The number of aryl methyl sites for hydroxylation is 2. The van der Waals surface area contributed by atoms with Crippen molar-refractivity contribution in [2.24, 2.45) is 0 Å². The molecule has 0 radical (unpaired) electrons. The van der Waals surface area contributed by atoms with Gasteiger partial charge in [0.1, 0.15) is 5.82 Å². The number of hydrogen-bond donors (Lipinski definition) is 0. The van der Waals surface area contributed by atoms with Crippen molar-refractivity contribution >= 4 is 0 Å². The topological polar surface area (TPSA) is 0 Å². The Morgan fingerprint density at radius 3 is 2.06 bits per heavy atom. The molecule has 0 nitrogen and oxygen atoms in total. The monoisotopic (exact) mass is 436 g/mol. The molecule has 0 aromatic heterocycles. The van der Waals surface area contributed by atoms with Gasteiger partial charge in [-0.2, -0.15) is 0 Å². The van der Waals surface area contributed by atoms with E-state index in [4.69, 9.17) is 0 Å². The Hall–Kier alpha value is -2.55. The number of hydrogen-bond acceptors (Lipinski definition) is 0. The molecule has 0 aliphatic heterocycles. The van der Waals surface area contributed by atoms with E-state index in [1.54, 1.807) is 18.2 Å². The zero-order valence-corrected chi connectivity index (χ0v) is 18.9. The highest BCUT2D eigenvalue weighted by Gasteiger charge is 2.27. The van der Waals surface area contributed by atoms with Gasteiger partial charge in [0, 0.05) is 5.56 Å². The summed E-state index contributed by atoms with van der Waals surface area (Å²) in [5, 5.41) is 0. The Morgan fingerprint density at radius 1 is 0.750 bits per heavy atom. The Labute approximate surface area is 189 Å². The zero-order chi connectivity index (χ0) is 22.7. The molecule has 3 aromatic rings. The predicted molar refractivity (Wildman–Crippen MR) is 126 cm³/mol. The minimum atomic E-state index is -0.762. The summed E-state index contributed by atoms with van der Waals surface area (Å²) in [5.41, 5.74) is 4.44. The van der Waals surface area contributed by atoms with Crippen molar-refractivity contribution < 1.29 is 13.2 Å². The second-order valence-electron chi connectivity index (χ2n) is 9.03. The van der Waals surface area contributed by atoms with E-state index >= 15 is 4.39 Å². The van der Waals surface area contributed by atoms with Gasteiger partial charge in [-0.3, -0.25) is 0 Å². The molecule has 3 heteroatoms. The molecule has 1 saturated carbocycles. The molecule has 0 heterocycles. The number of rotatable bonds is 6. The molecule has 0 bridgehead atoms. The van der Waals surface area contributed by atoms with Crippen molar-refractivity contribution in [3.8, 4) is 11.1 Å². The Balaban J connectivity index is 1.47. The van der Waals surface area contributed by atoms with E-state index in [1.807, 2.05) is 43.3 Å². The van der Waals surface area contributed by atoms with Crippen molar-refractivity contribution in [1.29, 1.82) is 0 Å². The summed E-state index contributed by atoms with van der Waals surface area (Å²) in [6, 6.07) is 16.7. The van der Waals surface area contributed by atoms with Crippen LogP contribution in [0.5, 0.6) is 0 Å². The third-order valence-electron chi connectivity index (χ3n) is 7.02. The van der Waals surface area contributed by atoms with Gasteiger partial charge in [0.2, 0.25) is 0 Å². The third-order valence-corrected chi connectivity index (χ3v) is 7.02. The molecule has 1 aliphatic carbocycles. The fraction of sp³-hybridized carbons (Fsp3) is 0.379.